The topological polar surface area (TPSA) is 16.1 Å². The highest BCUT2D eigenvalue weighted by atomic mass is 15.1. The van der Waals surface area contributed by atoms with Crippen molar-refractivity contribution in [1.29, 1.82) is 0 Å². The van der Waals surface area contributed by atoms with E-state index < -0.39 is 0 Å². The van der Waals surface area contributed by atoms with Crippen molar-refractivity contribution in [1.82, 2.24) is 9.88 Å². The molecule has 0 amide bonds. The Morgan fingerprint density at radius 2 is 1.87 bits per heavy atom. The van der Waals surface area contributed by atoms with Crippen LogP contribution < -0.4 is 0 Å². The highest BCUT2D eigenvalue weighted by Gasteiger charge is 2.08. The molecule has 1 heterocycles. The summed E-state index contributed by atoms with van der Waals surface area (Å²) in [6.07, 6.45) is 1.02. The maximum atomic E-state index is 4.62. The zero-order valence-corrected chi connectivity index (χ0v) is 10.3. The predicted octanol–water partition coefficient (Wildman–Crippen LogP) is 2.87. The van der Waals surface area contributed by atoms with Crippen LogP contribution in [0.3, 0.4) is 0 Å². The van der Waals surface area contributed by atoms with Crippen LogP contribution in [0.4, 0.5) is 0 Å². The van der Waals surface area contributed by atoms with Crippen LogP contribution in [0.5, 0.6) is 0 Å². The molecule has 0 radical (unpaired) electrons. The van der Waals surface area contributed by atoms with Gasteiger partial charge in [-0.05, 0) is 38.9 Å². The van der Waals surface area contributed by atoms with Gasteiger partial charge in [-0.15, -0.1) is 0 Å². The third-order valence-electron chi connectivity index (χ3n) is 2.73. The second-order valence-electron chi connectivity index (χ2n) is 4.13. The van der Waals surface area contributed by atoms with Crippen LogP contribution in [-0.4, -0.2) is 22.5 Å². The molecule has 0 N–H and O–H groups in total. The van der Waals surface area contributed by atoms with Crippen molar-refractivity contribution in [2.45, 2.75) is 46.7 Å². The molecule has 0 saturated carbocycles. The molecule has 0 aliphatic carbocycles. The van der Waals surface area contributed by atoms with Gasteiger partial charge < -0.3 is 0 Å². The molecule has 0 fully saturated rings. The van der Waals surface area contributed by atoms with Crippen LogP contribution in [-0.2, 0) is 13.0 Å². The van der Waals surface area contributed by atoms with Gasteiger partial charge in [0.25, 0.3) is 0 Å². The quantitative estimate of drug-likeness (QED) is 0.736. The maximum Gasteiger partial charge on any atom is 0.0547 e. The van der Waals surface area contributed by atoms with E-state index in [0.29, 0.717) is 6.04 Å². The number of rotatable bonds is 5. The van der Waals surface area contributed by atoms with Crippen molar-refractivity contribution in [3.05, 3.63) is 29.6 Å². The highest BCUT2D eigenvalue weighted by molar-refractivity contribution is 5.11. The largest absolute Gasteiger partial charge is 0.295 e. The lowest BCUT2D eigenvalue weighted by Crippen LogP contribution is -2.30. The lowest BCUT2D eigenvalue weighted by molar-refractivity contribution is 0.222. The fourth-order valence-electron chi connectivity index (χ4n) is 1.68. The molecule has 0 unspecified atom stereocenters. The van der Waals surface area contributed by atoms with Crippen LogP contribution in [0.2, 0.25) is 0 Å². The third-order valence-corrected chi connectivity index (χ3v) is 2.73. The molecule has 0 aliphatic rings. The zero-order valence-electron chi connectivity index (χ0n) is 10.3. The normalized spacial score (nSPS) is 11.3. The Bertz CT molecular complexity index is 294. The van der Waals surface area contributed by atoms with Crippen molar-refractivity contribution >= 4 is 0 Å². The summed E-state index contributed by atoms with van der Waals surface area (Å²) >= 11 is 0. The van der Waals surface area contributed by atoms with Crippen LogP contribution in [0.1, 0.15) is 39.1 Å². The van der Waals surface area contributed by atoms with Gasteiger partial charge in [0.15, 0.2) is 0 Å². The van der Waals surface area contributed by atoms with Gasteiger partial charge in [0.1, 0.15) is 0 Å². The number of aromatic nitrogens is 1. The minimum absolute atomic E-state index is 0.585. The third kappa shape index (κ3) is 3.63. The summed E-state index contributed by atoms with van der Waals surface area (Å²) in [5.74, 6) is 0. The molecule has 0 saturated heterocycles. The van der Waals surface area contributed by atoms with E-state index in [0.717, 1.165) is 19.5 Å². The molecule has 0 atom stereocenters. The van der Waals surface area contributed by atoms with Gasteiger partial charge in [-0.2, -0.15) is 0 Å². The summed E-state index contributed by atoms with van der Waals surface area (Å²) in [4.78, 5) is 7.04. The highest BCUT2D eigenvalue weighted by Crippen LogP contribution is 2.07. The average Bonchev–Trinajstić information content (AvgIpc) is 2.25. The standard InChI is InChI=1S/C13H22N2/c1-5-12-8-7-9-13(14-12)10-15(6-2)11(3)4/h7-9,11H,5-6,10H2,1-4H3. The molecule has 84 valence electrons. The number of pyridine rings is 1. The molecule has 15 heavy (non-hydrogen) atoms. The molecule has 1 aromatic rings. The van der Waals surface area contributed by atoms with E-state index in [4.69, 9.17) is 0 Å². The first-order valence-corrected chi connectivity index (χ1v) is 5.86. The van der Waals surface area contributed by atoms with Crippen molar-refractivity contribution in [3.63, 3.8) is 0 Å². The van der Waals surface area contributed by atoms with E-state index in [2.05, 4.69) is 55.8 Å². The lowest BCUT2D eigenvalue weighted by Gasteiger charge is -2.24. The predicted molar refractivity (Wildman–Crippen MR) is 64.8 cm³/mol. The molecule has 2 heteroatoms. The first-order chi connectivity index (χ1) is 7.17. The number of aryl methyl sites for hydroxylation is 1. The zero-order chi connectivity index (χ0) is 11.3. The lowest BCUT2D eigenvalue weighted by atomic mass is 10.2. The number of hydrogen-bond acceptors (Lipinski definition) is 2. The Morgan fingerprint density at radius 3 is 2.40 bits per heavy atom. The molecule has 2 nitrogen and oxygen atoms in total. The Hall–Kier alpha value is -0.890. The van der Waals surface area contributed by atoms with Crippen LogP contribution in [0, 0.1) is 0 Å². The van der Waals surface area contributed by atoms with Crippen LogP contribution in [0.15, 0.2) is 18.2 Å². The fourth-order valence-corrected chi connectivity index (χ4v) is 1.68. The average molecular weight is 206 g/mol. The maximum absolute atomic E-state index is 4.62. The van der Waals surface area contributed by atoms with Crippen molar-refractivity contribution < 1.29 is 0 Å². The van der Waals surface area contributed by atoms with E-state index in [1.807, 2.05) is 0 Å². The Kier molecular flexibility index (Phi) is 4.76. The molecule has 1 rings (SSSR count). The van der Waals surface area contributed by atoms with E-state index in [-0.39, 0.29) is 0 Å². The van der Waals surface area contributed by atoms with Gasteiger partial charge >= 0.3 is 0 Å². The second-order valence-corrected chi connectivity index (χ2v) is 4.13. The summed E-state index contributed by atoms with van der Waals surface area (Å²) in [5, 5.41) is 0. The summed E-state index contributed by atoms with van der Waals surface area (Å²) < 4.78 is 0. The number of hydrogen-bond donors (Lipinski definition) is 0. The molecule has 0 spiro atoms. The minimum atomic E-state index is 0.585. The molecule has 0 aliphatic heterocycles. The molecule has 0 aromatic carbocycles. The Labute approximate surface area is 93.3 Å². The molecule has 0 bridgehead atoms. The summed E-state index contributed by atoms with van der Waals surface area (Å²) in [6.45, 7) is 10.8. The summed E-state index contributed by atoms with van der Waals surface area (Å²) in [5.41, 5.74) is 2.37. The summed E-state index contributed by atoms with van der Waals surface area (Å²) in [6, 6.07) is 6.90. The van der Waals surface area contributed by atoms with Crippen molar-refractivity contribution in [2.75, 3.05) is 6.54 Å². The Balaban J connectivity index is 2.70. The smallest absolute Gasteiger partial charge is 0.0547 e. The number of nitrogens with zero attached hydrogens (tertiary/aromatic N) is 2. The van der Waals surface area contributed by atoms with Gasteiger partial charge in [-0.3, -0.25) is 9.88 Å². The van der Waals surface area contributed by atoms with Gasteiger partial charge in [0.05, 0.1) is 5.69 Å². The van der Waals surface area contributed by atoms with E-state index in [1.165, 1.54) is 11.4 Å². The van der Waals surface area contributed by atoms with E-state index in [1.54, 1.807) is 0 Å². The summed E-state index contributed by atoms with van der Waals surface area (Å²) in [7, 11) is 0. The van der Waals surface area contributed by atoms with Gasteiger partial charge in [-0.1, -0.05) is 19.9 Å². The first kappa shape index (κ1) is 12.2. The van der Waals surface area contributed by atoms with Gasteiger partial charge in [0.2, 0.25) is 0 Å². The SMILES string of the molecule is CCc1cccc(CN(CC)C(C)C)n1. The monoisotopic (exact) mass is 206 g/mol. The minimum Gasteiger partial charge on any atom is -0.295 e. The van der Waals surface area contributed by atoms with Crippen LogP contribution >= 0.6 is 0 Å². The van der Waals surface area contributed by atoms with E-state index >= 15 is 0 Å². The van der Waals surface area contributed by atoms with E-state index in [9.17, 15) is 0 Å². The van der Waals surface area contributed by atoms with Crippen molar-refractivity contribution in [2.24, 2.45) is 0 Å². The van der Waals surface area contributed by atoms with Crippen LogP contribution in [0.25, 0.3) is 0 Å². The van der Waals surface area contributed by atoms with Gasteiger partial charge in [-0.25, -0.2) is 0 Å². The fraction of sp³-hybridized carbons (Fsp3) is 0.615. The second kappa shape index (κ2) is 5.86. The Morgan fingerprint density at radius 1 is 1.20 bits per heavy atom. The molecule has 1 aromatic heterocycles. The molecular weight excluding hydrogens is 184 g/mol. The molecular formula is C13H22N2. The van der Waals surface area contributed by atoms with Crippen molar-refractivity contribution in [3.8, 4) is 0 Å². The van der Waals surface area contributed by atoms with Gasteiger partial charge in [0, 0.05) is 18.3 Å². The first-order valence-electron chi connectivity index (χ1n) is 5.86.